The van der Waals surface area contributed by atoms with E-state index in [-0.39, 0.29) is 97.0 Å². The molecule has 0 aromatic heterocycles. The molecule has 0 aromatic carbocycles. The molecule has 0 fully saturated rings. The van der Waals surface area contributed by atoms with Crippen molar-refractivity contribution in [2.75, 3.05) is 79.5 Å². The average molecular weight is 850 g/mol. The SMILES string of the molecule is CNC(CCCCNC(=O)COCCOCCNC(=O)COCCOCCNC(=O)CCC(NC(=O)C(C)CC(C)(C)C(=O)O)C(=O)NC(CC(=O)O)C(=O)O)C(N)=O. The fourth-order valence-electron chi connectivity index (χ4n) is 5.07. The summed E-state index contributed by atoms with van der Waals surface area (Å²) in [5, 5.41) is 42.9. The van der Waals surface area contributed by atoms with Crippen molar-refractivity contribution in [2.45, 2.75) is 83.8 Å². The van der Waals surface area contributed by atoms with Crippen LogP contribution in [0.2, 0.25) is 0 Å². The van der Waals surface area contributed by atoms with Crippen LogP contribution in [0.1, 0.15) is 65.7 Å². The van der Waals surface area contributed by atoms with E-state index in [4.69, 9.17) is 29.8 Å². The Morgan fingerprint density at radius 2 is 1.14 bits per heavy atom. The summed E-state index contributed by atoms with van der Waals surface area (Å²) in [7, 11) is 1.66. The molecule has 0 aromatic rings. The maximum absolute atomic E-state index is 12.9. The summed E-state index contributed by atoms with van der Waals surface area (Å²) < 4.78 is 21.2. The Bertz CT molecular complexity index is 1370. The summed E-state index contributed by atoms with van der Waals surface area (Å²) in [6, 6.07) is -3.65. The van der Waals surface area contributed by atoms with E-state index in [9.17, 15) is 53.4 Å². The van der Waals surface area contributed by atoms with Crippen molar-refractivity contribution in [3.05, 3.63) is 0 Å². The van der Waals surface area contributed by atoms with Crippen molar-refractivity contribution >= 4 is 53.4 Å². The van der Waals surface area contributed by atoms with E-state index in [2.05, 4.69) is 31.9 Å². The maximum atomic E-state index is 12.9. The van der Waals surface area contributed by atoms with Gasteiger partial charge in [0.15, 0.2) is 0 Å². The Labute approximate surface area is 342 Å². The number of carboxylic acid groups (broad SMARTS) is 3. The zero-order valence-electron chi connectivity index (χ0n) is 34.3. The molecular formula is C36H63N7O16. The van der Waals surface area contributed by atoms with Gasteiger partial charge in [-0.2, -0.15) is 0 Å². The second kappa shape index (κ2) is 31.0. The monoisotopic (exact) mass is 849 g/mol. The summed E-state index contributed by atoms with van der Waals surface area (Å²) in [5.41, 5.74) is 3.98. The van der Waals surface area contributed by atoms with Gasteiger partial charge in [-0.1, -0.05) is 6.92 Å². The predicted molar refractivity (Wildman–Crippen MR) is 206 cm³/mol. The molecule has 0 heterocycles. The Morgan fingerprint density at radius 3 is 1.63 bits per heavy atom. The molecule has 11 N–H and O–H groups in total. The van der Waals surface area contributed by atoms with E-state index >= 15 is 0 Å². The minimum absolute atomic E-state index is 0.0559. The Balaban J connectivity index is 4.27. The number of carboxylic acids is 3. The fraction of sp³-hybridized carbons (Fsp3) is 0.750. The van der Waals surface area contributed by atoms with E-state index in [1.165, 1.54) is 20.8 Å². The number of rotatable bonds is 36. The van der Waals surface area contributed by atoms with Crippen LogP contribution in [0.5, 0.6) is 0 Å². The number of nitrogens with one attached hydrogen (secondary N) is 6. The van der Waals surface area contributed by atoms with Crippen molar-refractivity contribution in [3.63, 3.8) is 0 Å². The first kappa shape index (κ1) is 54.0. The lowest BCUT2D eigenvalue weighted by Gasteiger charge is -2.25. The molecule has 0 radical (unpaired) electrons. The van der Waals surface area contributed by atoms with Gasteiger partial charge in [-0.25, -0.2) is 4.79 Å². The third-order valence-corrected chi connectivity index (χ3v) is 8.41. The highest BCUT2D eigenvalue weighted by Crippen LogP contribution is 2.26. The summed E-state index contributed by atoms with van der Waals surface area (Å²) in [5.74, 6) is -8.53. The number of amides is 6. The standard InChI is InChI=1S/C36H63N7O16/c1-23(20-36(2,3)35(54)55)32(50)42-25(33(51)43-26(34(52)53)19-30(47)48)8-9-27(44)40-11-13-56-15-18-59-22-29(46)41-12-14-57-16-17-58-21-28(45)39-10-6-5-7-24(38-4)31(37)49/h23-26,38H,5-22H2,1-4H3,(H2,37,49)(H,39,45)(H,40,44)(H,41,46)(H,42,50)(H,43,51)(H,47,48)(H,52,53)(H,54,55). The predicted octanol–water partition coefficient (Wildman–Crippen LogP) is -2.91. The molecular weight excluding hydrogens is 786 g/mol. The topological polar surface area (TPSA) is 349 Å². The quantitative estimate of drug-likeness (QED) is 0.0283. The van der Waals surface area contributed by atoms with Crippen LogP contribution in [-0.2, 0) is 62.1 Å². The van der Waals surface area contributed by atoms with Crippen LogP contribution in [0.3, 0.4) is 0 Å². The van der Waals surface area contributed by atoms with Crippen LogP contribution in [0, 0.1) is 11.3 Å². The van der Waals surface area contributed by atoms with Crippen LogP contribution in [0.15, 0.2) is 0 Å². The van der Waals surface area contributed by atoms with Crippen molar-refractivity contribution in [3.8, 4) is 0 Å². The number of aliphatic carboxylic acids is 3. The first-order valence-corrected chi connectivity index (χ1v) is 19.2. The highest BCUT2D eigenvalue weighted by Gasteiger charge is 2.34. The Hall–Kier alpha value is -4.97. The smallest absolute Gasteiger partial charge is 0.326 e. The van der Waals surface area contributed by atoms with Gasteiger partial charge in [0.05, 0.1) is 57.5 Å². The normalized spacial score (nSPS) is 13.2. The molecule has 0 saturated carbocycles. The minimum atomic E-state index is -1.81. The molecule has 0 spiro atoms. The first-order valence-electron chi connectivity index (χ1n) is 19.2. The van der Waals surface area contributed by atoms with Gasteiger partial charge in [0.2, 0.25) is 35.4 Å². The number of carbonyl (C=O) groups excluding carboxylic acids is 6. The van der Waals surface area contributed by atoms with Gasteiger partial charge in [0.25, 0.3) is 0 Å². The van der Waals surface area contributed by atoms with Crippen LogP contribution in [0.4, 0.5) is 0 Å². The zero-order valence-corrected chi connectivity index (χ0v) is 34.3. The van der Waals surface area contributed by atoms with Crippen LogP contribution < -0.4 is 37.6 Å². The lowest BCUT2D eigenvalue weighted by Crippen LogP contribution is -2.53. The van der Waals surface area contributed by atoms with Crippen molar-refractivity contribution in [1.82, 2.24) is 31.9 Å². The van der Waals surface area contributed by atoms with E-state index in [1.54, 1.807) is 7.05 Å². The summed E-state index contributed by atoms with van der Waals surface area (Å²) >= 11 is 0. The molecule has 23 nitrogen and oxygen atoms in total. The summed E-state index contributed by atoms with van der Waals surface area (Å²) in [4.78, 5) is 107. The van der Waals surface area contributed by atoms with Crippen molar-refractivity contribution in [2.24, 2.45) is 17.1 Å². The van der Waals surface area contributed by atoms with Gasteiger partial charge in [-0.3, -0.25) is 38.4 Å². The molecule has 0 bridgehead atoms. The molecule has 4 atom stereocenters. The van der Waals surface area contributed by atoms with Gasteiger partial charge >= 0.3 is 17.9 Å². The number of likely N-dealkylation sites (N-methyl/N-ethyl adjacent to an activating group) is 1. The van der Waals surface area contributed by atoms with E-state index in [0.29, 0.717) is 19.4 Å². The van der Waals surface area contributed by atoms with Gasteiger partial charge in [-0.15, -0.1) is 0 Å². The largest absolute Gasteiger partial charge is 0.481 e. The van der Waals surface area contributed by atoms with Crippen molar-refractivity contribution < 1.29 is 77.4 Å². The third kappa shape index (κ3) is 27.4. The molecule has 0 aliphatic heterocycles. The second-order valence-corrected chi connectivity index (χ2v) is 14.0. The lowest BCUT2D eigenvalue weighted by molar-refractivity contribution is -0.149. The molecule has 6 amide bonds. The third-order valence-electron chi connectivity index (χ3n) is 8.41. The number of hydrogen-bond donors (Lipinski definition) is 10. The second-order valence-electron chi connectivity index (χ2n) is 14.0. The number of unbranched alkanes of at least 4 members (excludes halogenated alkanes) is 1. The molecule has 23 heteroatoms. The molecule has 0 aliphatic carbocycles. The molecule has 0 aliphatic rings. The van der Waals surface area contributed by atoms with Gasteiger partial charge in [0, 0.05) is 32.0 Å². The first-order chi connectivity index (χ1) is 27.8. The molecule has 59 heavy (non-hydrogen) atoms. The van der Waals surface area contributed by atoms with E-state index in [0.717, 1.165) is 6.42 Å². The summed E-state index contributed by atoms with van der Waals surface area (Å²) in [6.45, 7) is 5.50. The number of ether oxygens (including phenoxy) is 4. The average Bonchev–Trinajstić information content (AvgIpc) is 3.15. The van der Waals surface area contributed by atoms with Gasteiger partial charge in [0.1, 0.15) is 25.3 Å². The molecule has 0 rings (SSSR count). The highest BCUT2D eigenvalue weighted by atomic mass is 16.5. The number of primary amides is 1. The minimum Gasteiger partial charge on any atom is -0.481 e. The van der Waals surface area contributed by atoms with Gasteiger partial charge in [-0.05, 0) is 53.0 Å². The molecule has 4 unspecified atom stereocenters. The van der Waals surface area contributed by atoms with Crippen molar-refractivity contribution in [1.29, 1.82) is 0 Å². The highest BCUT2D eigenvalue weighted by molar-refractivity contribution is 5.92. The van der Waals surface area contributed by atoms with Gasteiger partial charge < -0.3 is 71.9 Å². The molecule has 338 valence electrons. The lowest BCUT2D eigenvalue weighted by atomic mass is 9.83. The Kier molecular flexibility index (Phi) is 28.4. The summed E-state index contributed by atoms with van der Waals surface area (Å²) in [6.07, 6.45) is 0.359. The fourth-order valence-corrected chi connectivity index (χ4v) is 5.07. The van der Waals surface area contributed by atoms with Crippen LogP contribution >= 0.6 is 0 Å². The van der Waals surface area contributed by atoms with E-state index in [1.807, 2.05) is 0 Å². The number of nitrogens with two attached hydrogens (primary N) is 1. The van der Waals surface area contributed by atoms with Crippen LogP contribution in [-0.4, -0.2) is 166 Å². The maximum Gasteiger partial charge on any atom is 0.326 e. The number of hydrogen-bond acceptors (Lipinski definition) is 14. The molecule has 0 saturated heterocycles. The van der Waals surface area contributed by atoms with E-state index < -0.39 is 77.4 Å². The zero-order chi connectivity index (χ0) is 44.8. The van der Waals surface area contributed by atoms with Crippen LogP contribution in [0.25, 0.3) is 0 Å². The Morgan fingerprint density at radius 1 is 0.627 bits per heavy atom. The number of carbonyl (C=O) groups is 9.